The van der Waals surface area contributed by atoms with Gasteiger partial charge in [-0.05, 0) is 66.8 Å². The summed E-state index contributed by atoms with van der Waals surface area (Å²) in [5.41, 5.74) is 3.99. The second kappa shape index (κ2) is 11.3. The van der Waals surface area contributed by atoms with E-state index < -0.39 is 5.97 Å². The second-order valence-corrected chi connectivity index (χ2v) is 10.1. The molecule has 0 bridgehead atoms. The molecule has 4 nitrogen and oxygen atoms in total. The SMILES string of the molecule is COC(=O)/C=C/c1cccc(N(Cc2ccc(-c3ccc(C)s3)cc2)C(=O)C2CCCCC2)c1. The number of ether oxygens (including phenoxy) is 1. The van der Waals surface area contributed by atoms with E-state index in [1.165, 1.54) is 34.9 Å². The molecule has 1 saturated carbocycles. The molecule has 0 atom stereocenters. The van der Waals surface area contributed by atoms with Crippen molar-refractivity contribution in [1.82, 2.24) is 0 Å². The fourth-order valence-corrected chi connectivity index (χ4v) is 5.31. The van der Waals surface area contributed by atoms with Crippen molar-refractivity contribution in [3.05, 3.63) is 82.7 Å². The summed E-state index contributed by atoms with van der Waals surface area (Å²) in [6.07, 6.45) is 8.46. The maximum Gasteiger partial charge on any atom is 0.330 e. The lowest BCUT2D eigenvalue weighted by Crippen LogP contribution is -2.36. The van der Waals surface area contributed by atoms with Crippen LogP contribution in [0, 0.1) is 12.8 Å². The molecule has 3 aromatic rings. The van der Waals surface area contributed by atoms with Crippen LogP contribution in [0.3, 0.4) is 0 Å². The molecule has 5 heteroatoms. The van der Waals surface area contributed by atoms with E-state index in [0.717, 1.165) is 42.5 Å². The lowest BCUT2D eigenvalue weighted by molar-refractivity contribution is -0.134. The van der Waals surface area contributed by atoms with Gasteiger partial charge in [0.1, 0.15) is 0 Å². The van der Waals surface area contributed by atoms with Crippen molar-refractivity contribution in [1.29, 1.82) is 0 Å². The molecule has 1 aliphatic carbocycles. The van der Waals surface area contributed by atoms with Crippen molar-refractivity contribution >= 4 is 35.0 Å². The number of nitrogens with zero attached hydrogens (tertiary/aromatic N) is 1. The van der Waals surface area contributed by atoms with E-state index in [0.29, 0.717) is 6.54 Å². The van der Waals surface area contributed by atoms with Crippen LogP contribution < -0.4 is 4.90 Å². The van der Waals surface area contributed by atoms with Crippen LogP contribution in [0.5, 0.6) is 0 Å². The standard InChI is InChI=1S/C29H31NO3S/c1-21-11-17-27(34-21)24-15-12-23(13-16-24)20-30(29(32)25-8-4-3-5-9-25)26-10-6-7-22(19-26)14-18-28(31)33-2/h6-7,10-19,25H,3-5,8-9,20H2,1-2H3/b18-14+. The number of hydrogen-bond acceptors (Lipinski definition) is 4. The molecule has 0 N–H and O–H groups in total. The number of carbonyl (C=O) groups excluding carboxylic acids is 2. The Hall–Kier alpha value is -3.18. The number of esters is 1. The van der Waals surface area contributed by atoms with Crippen molar-refractivity contribution in [3.8, 4) is 10.4 Å². The van der Waals surface area contributed by atoms with Crippen LogP contribution in [-0.2, 0) is 20.9 Å². The molecule has 0 saturated heterocycles. The van der Waals surface area contributed by atoms with Gasteiger partial charge in [0, 0.05) is 27.4 Å². The van der Waals surface area contributed by atoms with Crippen molar-refractivity contribution in [3.63, 3.8) is 0 Å². The third-order valence-electron chi connectivity index (χ3n) is 6.33. The van der Waals surface area contributed by atoms with Crippen LogP contribution >= 0.6 is 11.3 Å². The first-order valence-electron chi connectivity index (χ1n) is 11.9. The van der Waals surface area contributed by atoms with Gasteiger partial charge in [-0.25, -0.2) is 4.79 Å². The second-order valence-electron chi connectivity index (χ2n) is 8.82. The maximum atomic E-state index is 13.7. The normalized spacial score (nSPS) is 14.3. The number of thiophene rings is 1. The number of anilines is 1. The summed E-state index contributed by atoms with van der Waals surface area (Å²) in [6.45, 7) is 2.63. The lowest BCUT2D eigenvalue weighted by Gasteiger charge is -2.30. The Balaban J connectivity index is 1.60. The van der Waals surface area contributed by atoms with Crippen molar-refractivity contribution in [2.45, 2.75) is 45.6 Å². The molecule has 0 spiro atoms. The summed E-state index contributed by atoms with van der Waals surface area (Å²) in [6, 6.07) is 20.6. The minimum absolute atomic E-state index is 0.0661. The Kier molecular flexibility index (Phi) is 7.96. The highest BCUT2D eigenvalue weighted by molar-refractivity contribution is 7.15. The van der Waals surface area contributed by atoms with E-state index in [1.807, 2.05) is 29.2 Å². The Bertz CT molecular complexity index is 1160. The molecule has 0 unspecified atom stereocenters. The minimum Gasteiger partial charge on any atom is -0.466 e. The predicted molar refractivity (Wildman–Crippen MR) is 140 cm³/mol. The first-order chi connectivity index (χ1) is 16.5. The number of rotatable bonds is 7. The zero-order valence-electron chi connectivity index (χ0n) is 19.8. The van der Waals surface area contributed by atoms with Gasteiger partial charge in [0.05, 0.1) is 13.7 Å². The predicted octanol–water partition coefficient (Wildman–Crippen LogP) is 7.02. The van der Waals surface area contributed by atoms with Gasteiger partial charge in [0.25, 0.3) is 0 Å². The van der Waals surface area contributed by atoms with Crippen LogP contribution in [-0.4, -0.2) is 19.0 Å². The number of benzene rings is 2. The van der Waals surface area contributed by atoms with Crippen molar-refractivity contribution in [2.24, 2.45) is 5.92 Å². The van der Waals surface area contributed by atoms with Crippen LogP contribution in [0.15, 0.2) is 66.7 Å². The van der Waals surface area contributed by atoms with E-state index in [2.05, 4.69) is 43.3 Å². The van der Waals surface area contributed by atoms with Gasteiger partial charge in [-0.15, -0.1) is 11.3 Å². The van der Waals surface area contributed by atoms with E-state index in [4.69, 9.17) is 4.74 Å². The highest BCUT2D eigenvalue weighted by Gasteiger charge is 2.27. The first-order valence-corrected chi connectivity index (χ1v) is 12.7. The Labute approximate surface area is 205 Å². The average molecular weight is 474 g/mol. The fourth-order valence-electron chi connectivity index (χ4n) is 4.44. The summed E-state index contributed by atoms with van der Waals surface area (Å²) in [7, 11) is 1.36. The summed E-state index contributed by atoms with van der Waals surface area (Å²) in [4.78, 5) is 29.6. The number of hydrogen-bond donors (Lipinski definition) is 0. The molecule has 1 fully saturated rings. The zero-order valence-corrected chi connectivity index (χ0v) is 20.6. The van der Waals surface area contributed by atoms with Gasteiger partial charge in [-0.2, -0.15) is 0 Å². The highest BCUT2D eigenvalue weighted by atomic mass is 32.1. The quantitative estimate of drug-likeness (QED) is 0.273. The number of carbonyl (C=O) groups is 2. The highest BCUT2D eigenvalue weighted by Crippen LogP contribution is 2.31. The first kappa shape index (κ1) is 24.0. The lowest BCUT2D eigenvalue weighted by atomic mass is 9.88. The molecule has 0 aliphatic heterocycles. The summed E-state index contributed by atoms with van der Waals surface area (Å²) in [5, 5.41) is 0. The summed E-state index contributed by atoms with van der Waals surface area (Å²) in [5.74, 6) is -0.148. The number of amides is 1. The van der Waals surface area contributed by atoms with Gasteiger partial charge >= 0.3 is 5.97 Å². The van der Waals surface area contributed by atoms with E-state index in [9.17, 15) is 9.59 Å². The molecule has 4 rings (SSSR count). The molecule has 1 heterocycles. The molecule has 2 aromatic carbocycles. The van der Waals surface area contributed by atoms with Gasteiger partial charge in [-0.3, -0.25) is 4.79 Å². The van der Waals surface area contributed by atoms with E-state index >= 15 is 0 Å². The van der Waals surface area contributed by atoms with Crippen LogP contribution in [0.2, 0.25) is 0 Å². The smallest absolute Gasteiger partial charge is 0.330 e. The van der Waals surface area contributed by atoms with Gasteiger partial charge in [-0.1, -0.05) is 55.7 Å². The summed E-state index contributed by atoms with van der Waals surface area (Å²) < 4.78 is 4.70. The van der Waals surface area contributed by atoms with Crippen molar-refractivity contribution in [2.75, 3.05) is 12.0 Å². The zero-order chi connectivity index (χ0) is 23.9. The topological polar surface area (TPSA) is 46.6 Å². The van der Waals surface area contributed by atoms with Crippen LogP contribution in [0.4, 0.5) is 5.69 Å². The third-order valence-corrected chi connectivity index (χ3v) is 7.38. The Morgan fingerprint density at radius 1 is 1.03 bits per heavy atom. The average Bonchev–Trinajstić information content (AvgIpc) is 3.32. The minimum atomic E-state index is -0.401. The Morgan fingerprint density at radius 3 is 2.47 bits per heavy atom. The fraction of sp³-hybridized carbons (Fsp3) is 0.310. The molecular weight excluding hydrogens is 442 g/mol. The van der Waals surface area contributed by atoms with Crippen LogP contribution in [0.1, 0.15) is 48.1 Å². The summed E-state index contributed by atoms with van der Waals surface area (Å²) >= 11 is 1.79. The molecule has 1 aromatic heterocycles. The molecule has 176 valence electrons. The molecule has 34 heavy (non-hydrogen) atoms. The monoisotopic (exact) mass is 473 g/mol. The maximum absolute atomic E-state index is 13.7. The molecule has 0 radical (unpaired) electrons. The Morgan fingerprint density at radius 2 is 1.79 bits per heavy atom. The van der Waals surface area contributed by atoms with E-state index in [-0.39, 0.29) is 11.8 Å². The van der Waals surface area contributed by atoms with Gasteiger partial charge in [0.15, 0.2) is 0 Å². The van der Waals surface area contributed by atoms with Gasteiger partial charge in [0.2, 0.25) is 5.91 Å². The third kappa shape index (κ3) is 6.03. The molecular formula is C29H31NO3S. The van der Waals surface area contributed by atoms with Gasteiger partial charge < -0.3 is 9.64 Å². The van der Waals surface area contributed by atoms with Crippen LogP contribution in [0.25, 0.3) is 16.5 Å². The molecule has 1 aliphatic rings. The number of methoxy groups -OCH3 is 1. The largest absolute Gasteiger partial charge is 0.466 e. The van der Waals surface area contributed by atoms with Crippen molar-refractivity contribution < 1.29 is 14.3 Å². The van der Waals surface area contributed by atoms with E-state index in [1.54, 1.807) is 17.4 Å². The molecule has 1 amide bonds. The number of aryl methyl sites for hydroxylation is 1.